The van der Waals surface area contributed by atoms with E-state index in [2.05, 4.69) is 0 Å². The van der Waals surface area contributed by atoms with Crippen molar-refractivity contribution in [1.82, 2.24) is 4.90 Å². The van der Waals surface area contributed by atoms with Crippen molar-refractivity contribution in [2.45, 2.75) is 50.8 Å². The summed E-state index contributed by atoms with van der Waals surface area (Å²) in [6, 6.07) is 0. The van der Waals surface area contributed by atoms with Gasteiger partial charge >= 0.3 is 6.18 Å². The van der Waals surface area contributed by atoms with Crippen LogP contribution >= 0.6 is 0 Å². The summed E-state index contributed by atoms with van der Waals surface area (Å²) in [6.45, 7) is 0.195. The number of nitrogens with zero attached hydrogens (tertiary/aromatic N) is 1. The Bertz CT molecular complexity index is 243. The normalized spacial score (nSPS) is 19.9. The summed E-state index contributed by atoms with van der Waals surface area (Å²) in [5.41, 5.74) is 0. The van der Waals surface area contributed by atoms with Crippen LogP contribution in [0.25, 0.3) is 0 Å². The predicted molar refractivity (Wildman–Crippen MR) is 66.8 cm³/mol. The minimum absolute atomic E-state index is 0.100. The lowest BCUT2D eigenvalue weighted by atomic mass is 9.89. The van der Waals surface area contributed by atoms with Crippen LogP contribution in [0.2, 0.25) is 0 Å². The zero-order chi connectivity index (χ0) is 14.3. The molecule has 0 saturated heterocycles. The Morgan fingerprint density at radius 3 is 2.32 bits per heavy atom. The van der Waals surface area contributed by atoms with Crippen LogP contribution in [0.15, 0.2) is 0 Å². The van der Waals surface area contributed by atoms with Gasteiger partial charge < -0.3 is 15.1 Å². The molecule has 0 aromatic carbocycles. The molecule has 1 atom stereocenters. The molecule has 6 heteroatoms. The van der Waals surface area contributed by atoms with Crippen LogP contribution in [-0.2, 0) is 0 Å². The van der Waals surface area contributed by atoms with Gasteiger partial charge in [0.25, 0.3) is 0 Å². The number of aliphatic hydroxyl groups excluding tert-OH is 2. The first-order chi connectivity index (χ1) is 8.90. The van der Waals surface area contributed by atoms with Crippen LogP contribution in [0.3, 0.4) is 0 Å². The van der Waals surface area contributed by atoms with Crippen LogP contribution < -0.4 is 0 Å². The highest BCUT2D eigenvalue weighted by Gasteiger charge is 2.29. The van der Waals surface area contributed by atoms with Crippen molar-refractivity contribution in [3.8, 4) is 0 Å². The van der Waals surface area contributed by atoms with Gasteiger partial charge in [0, 0.05) is 19.6 Å². The summed E-state index contributed by atoms with van der Waals surface area (Å²) >= 11 is 0. The van der Waals surface area contributed by atoms with Crippen LogP contribution in [0.4, 0.5) is 13.2 Å². The molecule has 0 radical (unpaired) electrons. The number of alkyl halides is 3. The second kappa shape index (κ2) is 8.07. The lowest BCUT2D eigenvalue weighted by Crippen LogP contribution is -2.39. The second-order valence-corrected chi connectivity index (χ2v) is 5.47. The molecule has 0 aromatic heterocycles. The second-order valence-electron chi connectivity index (χ2n) is 5.47. The third kappa shape index (κ3) is 7.74. The van der Waals surface area contributed by atoms with Crippen molar-refractivity contribution in [1.29, 1.82) is 0 Å². The summed E-state index contributed by atoms with van der Waals surface area (Å²) < 4.78 is 36.8. The lowest BCUT2D eigenvalue weighted by molar-refractivity contribution is -0.139. The van der Waals surface area contributed by atoms with Gasteiger partial charge in [0.15, 0.2) is 0 Å². The highest BCUT2D eigenvalue weighted by molar-refractivity contribution is 4.73. The fraction of sp³-hybridized carbons (Fsp3) is 1.00. The average molecular weight is 283 g/mol. The predicted octanol–water partition coefficient (Wildman–Crippen LogP) is 2.17. The van der Waals surface area contributed by atoms with Gasteiger partial charge in [0.2, 0.25) is 0 Å². The molecule has 0 aromatic rings. The molecule has 0 aliphatic heterocycles. The van der Waals surface area contributed by atoms with Crippen molar-refractivity contribution in [3.05, 3.63) is 0 Å². The van der Waals surface area contributed by atoms with E-state index in [9.17, 15) is 18.3 Å². The van der Waals surface area contributed by atoms with Gasteiger partial charge in [0.1, 0.15) is 0 Å². The van der Waals surface area contributed by atoms with E-state index in [-0.39, 0.29) is 13.1 Å². The van der Waals surface area contributed by atoms with Gasteiger partial charge in [-0.15, -0.1) is 0 Å². The maximum atomic E-state index is 12.3. The average Bonchev–Trinajstić information content (AvgIpc) is 2.36. The minimum Gasteiger partial charge on any atom is -0.394 e. The van der Waals surface area contributed by atoms with Crippen LogP contribution in [0.1, 0.15) is 38.5 Å². The number of aliphatic hydroxyl groups is 2. The maximum absolute atomic E-state index is 12.3. The molecule has 0 bridgehead atoms. The molecule has 1 aliphatic rings. The van der Waals surface area contributed by atoms with Crippen LogP contribution in [0, 0.1) is 5.92 Å². The fourth-order valence-electron chi connectivity index (χ4n) is 2.63. The first-order valence-electron chi connectivity index (χ1n) is 6.98. The Morgan fingerprint density at radius 1 is 1.16 bits per heavy atom. The van der Waals surface area contributed by atoms with E-state index in [1.54, 1.807) is 4.90 Å². The largest absolute Gasteiger partial charge is 0.394 e. The monoisotopic (exact) mass is 283 g/mol. The summed E-state index contributed by atoms with van der Waals surface area (Å²) in [7, 11) is 0. The number of rotatable bonds is 7. The first-order valence-corrected chi connectivity index (χ1v) is 6.98. The third-order valence-corrected chi connectivity index (χ3v) is 3.63. The number of hydrogen-bond acceptors (Lipinski definition) is 3. The summed E-state index contributed by atoms with van der Waals surface area (Å²) in [4.78, 5) is 1.64. The van der Waals surface area contributed by atoms with Crippen molar-refractivity contribution >= 4 is 0 Å². The van der Waals surface area contributed by atoms with Gasteiger partial charge in [-0.3, -0.25) is 0 Å². The molecule has 0 amide bonds. The Morgan fingerprint density at radius 2 is 1.79 bits per heavy atom. The molecule has 1 aliphatic carbocycles. The van der Waals surface area contributed by atoms with E-state index >= 15 is 0 Å². The summed E-state index contributed by atoms with van der Waals surface area (Å²) in [5, 5.41) is 18.2. The highest BCUT2D eigenvalue weighted by Crippen LogP contribution is 2.25. The molecule has 3 nitrogen and oxygen atoms in total. The van der Waals surface area contributed by atoms with E-state index in [1.807, 2.05) is 0 Å². The van der Waals surface area contributed by atoms with Crippen molar-refractivity contribution < 1.29 is 23.4 Å². The zero-order valence-corrected chi connectivity index (χ0v) is 11.2. The summed E-state index contributed by atoms with van der Waals surface area (Å²) in [6.07, 6.45) is -0.404. The molecule has 2 N–H and O–H groups in total. The molecule has 0 spiro atoms. The molecular weight excluding hydrogens is 259 g/mol. The van der Waals surface area contributed by atoms with Gasteiger partial charge in [-0.1, -0.05) is 19.3 Å². The molecule has 0 unspecified atom stereocenters. The topological polar surface area (TPSA) is 43.7 Å². The quantitative estimate of drug-likeness (QED) is 0.752. The molecule has 114 valence electrons. The Labute approximate surface area is 112 Å². The lowest BCUT2D eigenvalue weighted by Gasteiger charge is -2.31. The standard InChI is InChI=1S/C13H24F3NO2/c14-13(15,16)6-7-17(9-12(19)10-18)8-11-4-2-1-3-5-11/h11-12,18-19H,1-10H2/t12-/m0/s1. The Hall–Kier alpha value is -0.330. The van der Waals surface area contributed by atoms with Gasteiger partial charge in [0.05, 0.1) is 19.1 Å². The SMILES string of the molecule is OC[C@@H](O)CN(CCC(F)(F)F)CC1CCCCC1. The smallest absolute Gasteiger partial charge is 0.390 e. The van der Waals surface area contributed by atoms with Gasteiger partial charge in [-0.2, -0.15) is 13.2 Å². The maximum Gasteiger partial charge on any atom is 0.390 e. The van der Waals surface area contributed by atoms with Crippen LogP contribution in [0.5, 0.6) is 0 Å². The number of halogens is 3. The third-order valence-electron chi connectivity index (χ3n) is 3.63. The molecule has 19 heavy (non-hydrogen) atoms. The molecular formula is C13H24F3NO2. The van der Waals surface area contributed by atoms with E-state index in [0.717, 1.165) is 25.7 Å². The fourth-order valence-corrected chi connectivity index (χ4v) is 2.63. The molecule has 1 fully saturated rings. The van der Waals surface area contributed by atoms with Gasteiger partial charge in [-0.25, -0.2) is 0 Å². The minimum atomic E-state index is -4.17. The number of hydrogen-bond donors (Lipinski definition) is 2. The van der Waals surface area contributed by atoms with Crippen molar-refractivity contribution in [3.63, 3.8) is 0 Å². The first kappa shape index (κ1) is 16.7. The Balaban J connectivity index is 2.42. The van der Waals surface area contributed by atoms with E-state index in [1.165, 1.54) is 6.42 Å². The van der Waals surface area contributed by atoms with E-state index < -0.39 is 25.3 Å². The molecule has 1 rings (SSSR count). The zero-order valence-electron chi connectivity index (χ0n) is 11.2. The van der Waals surface area contributed by atoms with Crippen LogP contribution in [-0.4, -0.2) is 53.6 Å². The molecule has 0 heterocycles. The van der Waals surface area contributed by atoms with E-state index in [4.69, 9.17) is 5.11 Å². The Kier molecular flexibility index (Phi) is 7.10. The van der Waals surface area contributed by atoms with Gasteiger partial charge in [-0.05, 0) is 18.8 Å². The summed E-state index contributed by atoms with van der Waals surface area (Å²) in [5.74, 6) is 0.424. The van der Waals surface area contributed by atoms with Crippen molar-refractivity contribution in [2.75, 3.05) is 26.2 Å². The molecule has 1 saturated carbocycles. The van der Waals surface area contributed by atoms with Crippen molar-refractivity contribution in [2.24, 2.45) is 5.92 Å². The highest BCUT2D eigenvalue weighted by atomic mass is 19.4. The van der Waals surface area contributed by atoms with E-state index in [0.29, 0.717) is 12.5 Å².